The lowest BCUT2D eigenvalue weighted by atomic mass is 10.0. The predicted octanol–water partition coefficient (Wildman–Crippen LogP) is 1.68. The second kappa shape index (κ2) is 6.75. The van der Waals surface area contributed by atoms with Gasteiger partial charge in [0, 0.05) is 24.8 Å². The number of likely N-dealkylation sites (N-methyl/N-ethyl adjacent to an activating group) is 1. The Balaban J connectivity index is 2.81. The third-order valence-electron chi connectivity index (χ3n) is 2.78. The highest BCUT2D eigenvalue weighted by molar-refractivity contribution is 9.10. The van der Waals surface area contributed by atoms with Crippen molar-refractivity contribution in [2.24, 2.45) is 13.0 Å². The molecule has 1 atom stereocenters. The van der Waals surface area contributed by atoms with Crippen LogP contribution in [0.2, 0.25) is 0 Å². The van der Waals surface area contributed by atoms with Crippen molar-refractivity contribution in [1.29, 1.82) is 0 Å². The number of hydrogen-bond acceptors (Lipinski definition) is 2. The highest BCUT2D eigenvalue weighted by Gasteiger charge is 2.22. The summed E-state index contributed by atoms with van der Waals surface area (Å²) in [4.78, 5) is 23.9. The van der Waals surface area contributed by atoms with Crippen molar-refractivity contribution >= 4 is 27.7 Å². The van der Waals surface area contributed by atoms with Crippen molar-refractivity contribution in [3.05, 3.63) is 22.4 Å². The van der Waals surface area contributed by atoms with Gasteiger partial charge < -0.3 is 15.2 Å². The molecule has 1 aromatic heterocycles. The van der Waals surface area contributed by atoms with E-state index in [9.17, 15) is 9.59 Å². The molecule has 0 aromatic carbocycles. The minimum atomic E-state index is -0.508. The van der Waals surface area contributed by atoms with Crippen LogP contribution in [0.5, 0.6) is 0 Å². The Kier molecular flexibility index (Phi) is 5.60. The molecule has 0 aliphatic heterocycles. The smallest absolute Gasteiger partial charge is 0.268 e. The summed E-state index contributed by atoms with van der Waals surface area (Å²) in [5.41, 5.74) is 0.518. The van der Waals surface area contributed by atoms with Gasteiger partial charge in [-0.05, 0) is 34.3 Å². The highest BCUT2D eigenvalue weighted by atomic mass is 79.9. The quantitative estimate of drug-likeness (QED) is 0.863. The molecule has 2 amide bonds. The van der Waals surface area contributed by atoms with Crippen molar-refractivity contribution in [2.75, 3.05) is 7.05 Å². The fourth-order valence-corrected chi connectivity index (χ4v) is 2.38. The monoisotopic (exact) mass is 329 g/mol. The highest BCUT2D eigenvalue weighted by Crippen LogP contribution is 2.14. The number of amides is 2. The first-order chi connectivity index (χ1) is 8.85. The molecule has 0 saturated carbocycles. The van der Waals surface area contributed by atoms with Gasteiger partial charge in [0.15, 0.2) is 0 Å². The third kappa shape index (κ3) is 4.38. The Morgan fingerprint density at radius 2 is 2.05 bits per heavy atom. The molecule has 6 heteroatoms. The first-order valence-electron chi connectivity index (χ1n) is 6.19. The van der Waals surface area contributed by atoms with Crippen LogP contribution >= 0.6 is 15.9 Å². The first-order valence-corrected chi connectivity index (χ1v) is 6.98. The van der Waals surface area contributed by atoms with Crippen molar-refractivity contribution in [2.45, 2.75) is 26.3 Å². The van der Waals surface area contributed by atoms with E-state index in [2.05, 4.69) is 26.6 Å². The lowest BCUT2D eigenvalue weighted by Gasteiger charge is -2.19. The van der Waals surface area contributed by atoms with Crippen LogP contribution < -0.4 is 10.6 Å². The molecule has 1 unspecified atom stereocenters. The number of aryl methyl sites for hydroxylation is 1. The standard InChI is InChI=1S/C13H20BrN3O2/c1-8(2)5-10(12(18)15-3)16-13(19)11-6-9(14)7-17(11)4/h6-8,10H,5H2,1-4H3,(H,15,18)(H,16,19). The van der Waals surface area contributed by atoms with Gasteiger partial charge in [-0.2, -0.15) is 0 Å². The normalized spacial score (nSPS) is 12.3. The molecule has 5 nitrogen and oxygen atoms in total. The molecule has 2 N–H and O–H groups in total. The van der Waals surface area contributed by atoms with E-state index in [4.69, 9.17) is 0 Å². The van der Waals surface area contributed by atoms with Gasteiger partial charge in [0.1, 0.15) is 11.7 Å². The van der Waals surface area contributed by atoms with Crippen LogP contribution in [0.4, 0.5) is 0 Å². The molecule has 1 rings (SSSR count). The second-order valence-corrected chi connectivity index (χ2v) is 5.84. The maximum absolute atomic E-state index is 12.2. The average Bonchev–Trinajstić information content (AvgIpc) is 2.66. The van der Waals surface area contributed by atoms with Gasteiger partial charge in [0.25, 0.3) is 5.91 Å². The molecule has 0 spiro atoms. The van der Waals surface area contributed by atoms with Gasteiger partial charge in [-0.1, -0.05) is 13.8 Å². The Morgan fingerprint density at radius 1 is 1.42 bits per heavy atom. The summed E-state index contributed by atoms with van der Waals surface area (Å²) in [5, 5.41) is 5.35. The number of carbonyl (C=O) groups excluding carboxylic acids is 2. The van der Waals surface area contributed by atoms with Gasteiger partial charge in [0.2, 0.25) is 5.91 Å². The van der Waals surface area contributed by atoms with Crippen LogP contribution in [-0.4, -0.2) is 29.5 Å². The number of aromatic nitrogens is 1. The Bertz CT molecular complexity index is 468. The first kappa shape index (κ1) is 15.8. The van der Waals surface area contributed by atoms with Crippen LogP contribution in [0.25, 0.3) is 0 Å². The van der Waals surface area contributed by atoms with Crippen LogP contribution in [0.1, 0.15) is 30.8 Å². The molecule has 0 radical (unpaired) electrons. The number of nitrogens with one attached hydrogen (secondary N) is 2. The van der Waals surface area contributed by atoms with Gasteiger partial charge in [-0.15, -0.1) is 0 Å². The fraction of sp³-hybridized carbons (Fsp3) is 0.538. The molecule has 106 valence electrons. The zero-order valence-corrected chi connectivity index (χ0v) is 13.2. The zero-order valence-electron chi connectivity index (χ0n) is 11.7. The number of rotatable bonds is 5. The summed E-state index contributed by atoms with van der Waals surface area (Å²) in [7, 11) is 3.36. The van der Waals surface area contributed by atoms with Gasteiger partial charge in [-0.3, -0.25) is 9.59 Å². The minimum absolute atomic E-state index is 0.171. The van der Waals surface area contributed by atoms with Crippen molar-refractivity contribution in [3.63, 3.8) is 0 Å². The Labute approximate surface area is 121 Å². The van der Waals surface area contributed by atoms with Gasteiger partial charge >= 0.3 is 0 Å². The maximum Gasteiger partial charge on any atom is 0.268 e. The Morgan fingerprint density at radius 3 is 2.47 bits per heavy atom. The lowest BCUT2D eigenvalue weighted by molar-refractivity contribution is -0.122. The molecule has 0 aliphatic carbocycles. The van der Waals surface area contributed by atoms with Crippen LogP contribution in [0.3, 0.4) is 0 Å². The molecule has 1 heterocycles. The third-order valence-corrected chi connectivity index (χ3v) is 3.21. The van der Waals surface area contributed by atoms with Gasteiger partial charge in [-0.25, -0.2) is 0 Å². The number of carbonyl (C=O) groups is 2. The lowest BCUT2D eigenvalue weighted by Crippen LogP contribution is -2.46. The number of hydrogen-bond donors (Lipinski definition) is 2. The summed E-state index contributed by atoms with van der Waals surface area (Å²) in [5.74, 6) is -0.0967. The fourth-order valence-electron chi connectivity index (χ4n) is 1.86. The van der Waals surface area contributed by atoms with E-state index in [1.54, 1.807) is 30.9 Å². The molecule has 0 bridgehead atoms. The molecule has 0 saturated heterocycles. The zero-order chi connectivity index (χ0) is 14.6. The minimum Gasteiger partial charge on any atom is -0.357 e. The van der Waals surface area contributed by atoms with Crippen LogP contribution in [0, 0.1) is 5.92 Å². The summed E-state index contributed by atoms with van der Waals surface area (Å²) >= 11 is 3.32. The summed E-state index contributed by atoms with van der Waals surface area (Å²) < 4.78 is 2.55. The molecule has 19 heavy (non-hydrogen) atoms. The van der Waals surface area contributed by atoms with Crippen molar-refractivity contribution in [1.82, 2.24) is 15.2 Å². The molecule has 1 aromatic rings. The van der Waals surface area contributed by atoms with Crippen molar-refractivity contribution < 1.29 is 9.59 Å². The van der Waals surface area contributed by atoms with Gasteiger partial charge in [0.05, 0.1) is 0 Å². The van der Waals surface area contributed by atoms with Crippen LogP contribution in [0.15, 0.2) is 16.7 Å². The topological polar surface area (TPSA) is 63.1 Å². The number of halogens is 1. The van der Waals surface area contributed by atoms with E-state index in [0.717, 1.165) is 4.47 Å². The largest absolute Gasteiger partial charge is 0.357 e. The molecular weight excluding hydrogens is 310 g/mol. The molecule has 0 fully saturated rings. The van der Waals surface area contributed by atoms with E-state index in [1.165, 1.54) is 0 Å². The van der Waals surface area contributed by atoms with Crippen molar-refractivity contribution in [3.8, 4) is 0 Å². The predicted molar refractivity (Wildman–Crippen MR) is 77.9 cm³/mol. The molecular formula is C13H20BrN3O2. The maximum atomic E-state index is 12.2. The van der Waals surface area contributed by atoms with E-state index < -0.39 is 6.04 Å². The summed E-state index contributed by atoms with van der Waals surface area (Å²) in [6.45, 7) is 4.03. The SMILES string of the molecule is CNC(=O)C(CC(C)C)NC(=O)c1cc(Br)cn1C. The van der Waals surface area contributed by atoms with E-state index in [0.29, 0.717) is 18.0 Å². The van der Waals surface area contributed by atoms with E-state index in [-0.39, 0.29) is 11.8 Å². The summed E-state index contributed by atoms with van der Waals surface area (Å²) in [6, 6.07) is 1.22. The van der Waals surface area contributed by atoms with E-state index >= 15 is 0 Å². The summed E-state index contributed by atoms with van der Waals surface area (Å²) in [6.07, 6.45) is 2.41. The second-order valence-electron chi connectivity index (χ2n) is 4.92. The Hall–Kier alpha value is -1.30. The number of nitrogens with zero attached hydrogens (tertiary/aromatic N) is 1. The van der Waals surface area contributed by atoms with Crippen LogP contribution in [-0.2, 0) is 11.8 Å². The average molecular weight is 330 g/mol. The molecule has 0 aliphatic rings. The van der Waals surface area contributed by atoms with E-state index in [1.807, 2.05) is 13.8 Å².